The number of carbonyl (C=O) groups excluding carboxylic acids is 1. The van der Waals surface area contributed by atoms with Crippen LogP contribution in [0.5, 0.6) is 0 Å². The molecule has 1 amide bonds. The summed E-state index contributed by atoms with van der Waals surface area (Å²) in [7, 11) is 0. The van der Waals surface area contributed by atoms with E-state index in [4.69, 9.17) is 4.74 Å². The van der Waals surface area contributed by atoms with Crippen molar-refractivity contribution in [1.29, 1.82) is 0 Å². The number of piperidine rings is 1. The van der Waals surface area contributed by atoms with Gasteiger partial charge in [0, 0.05) is 37.0 Å². The maximum atomic E-state index is 13.2. The molecule has 0 saturated carbocycles. The Morgan fingerprint density at radius 1 is 1.00 bits per heavy atom. The van der Waals surface area contributed by atoms with E-state index in [-0.39, 0.29) is 43.0 Å². The standard InChI is InChI=1S/C28H25F3N2O3/c29-28(30,31)25-13-17(11-12-32-25)27(35)14-18-9-10-19(15-27)33(18)26(34)36-16-24-22-7-3-1-5-20(22)21-6-2-4-8-23(21)24/h1-8,11-13,18-19,24,35H,9-10,14-16H2. The Morgan fingerprint density at radius 2 is 1.58 bits per heavy atom. The average molecular weight is 495 g/mol. The Hall–Kier alpha value is -3.39. The van der Waals surface area contributed by atoms with Gasteiger partial charge in [-0.3, -0.25) is 4.98 Å². The molecule has 2 bridgehead atoms. The van der Waals surface area contributed by atoms with Crippen LogP contribution in [0.15, 0.2) is 66.9 Å². The van der Waals surface area contributed by atoms with Crippen LogP contribution in [0.25, 0.3) is 11.1 Å². The van der Waals surface area contributed by atoms with Crippen LogP contribution >= 0.6 is 0 Å². The third-order valence-electron chi connectivity index (χ3n) is 7.90. The fourth-order valence-corrected chi connectivity index (χ4v) is 6.30. The van der Waals surface area contributed by atoms with Gasteiger partial charge in [0.05, 0.1) is 5.60 Å². The molecule has 0 radical (unpaired) electrons. The molecule has 1 aliphatic carbocycles. The van der Waals surface area contributed by atoms with Gasteiger partial charge in [-0.15, -0.1) is 0 Å². The molecule has 3 aliphatic rings. The van der Waals surface area contributed by atoms with E-state index >= 15 is 0 Å². The summed E-state index contributed by atoms with van der Waals surface area (Å²) in [5.41, 5.74) is 2.25. The maximum Gasteiger partial charge on any atom is 0.433 e. The van der Waals surface area contributed by atoms with Crippen LogP contribution < -0.4 is 0 Å². The van der Waals surface area contributed by atoms with E-state index in [1.165, 1.54) is 6.07 Å². The van der Waals surface area contributed by atoms with Gasteiger partial charge in [0.25, 0.3) is 0 Å². The molecule has 2 atom stereocenters. The van der Waals surface area contributed by atoms with Crippen molar-refractivity contribution in [3.63, 3.8) is 0 Å². The van der Waals surface area contributed by atoms with E-state index in [1.807, 2.05) is 24.3 Å². The molecule has 5 nitrogen and oxygen atoms in total. The van der Waals surface area contributed by atoms with Crippen LogP contribution in [0, 0.1) is 0 Å². The first-order valence-corrected chi connectivity index (χ1v) is 12.1. The molecule has 2 aromatic carbocycles. The summed E-state index contributed by atoms with van der Waals surface area (Å²) in [6, 6.07) is 18.0. The zero-order chi connectivity index (χ0) is 25.1. The van der Waals surface area contributed by atoms with Crippen molar-refractivity contribution in [3.05, 3.63) is 89.2 Å². The molecular weight excluding hydrogens is 469 g/mol. The number of aliphatic hydroxyl groups is 1. The SMILES string of the molecule is O=C(OCC1c2ccccc2-c2ccccc21)N1C2CCC1CC(O)(c1ccnc(C(F)(F)F)c1)C2. The Morgan fingerprint density at radius 3 is 2.17 bits per heavy atom. The number of rotatable bonds is 3. The van der Waals surface area contributed by atoms with Crippen LogP contribution in [0.2, 0.25) is 0 Å². The van der Waals surface area contributed by atoms with Gasteiger partial charge in [0.2, 0.25) is 0 Å². The summed E-state index contributed by atoms with van der Waals surface area (Å²) in [4.78, 5) is 18.3. The number of nitrogens with zero attached hydrogens (tertiary/aromatic N) is 2. The van der Waals surface area contributed by atoms with Crippen LogP contribution in [-0.4, -0.2) is 39.8 Å². The number of pyridine rings is 1. The Kier molecular flexibility index (Phi) is 5.33. The molecule has 1 aromatic heterocycles. The number of aromatic nitrogens is 1. The minimum Gasteiger partial charge on any atom is -0.448 e. The molecule has 2 fully saturated rings. The normalized spacial score (nSPS) is 24.9. The van der Waals surface area contributed by atoms with Gasteiger partial charge < -0.3 is 14.7 Å². The first kappa shape index (κ1) is 23.0. The summed E-state index contributed by atoms with van der Waals surface area (Å²) in [6.45, 7) is 0.201. The highest BCUT2D eigenvalue weighted by Gasteiger charge is 2.51. The monoisotopic (exact) mass is 494 g/mol. The van der Waals surface area contributed by atoms with Crippen molar-refractivity contribution >= 4 is 6.09 Å². The molecule has 6 rings (SSSR count). The molecule has 8 heteroatoms. The Balaban J connectivity index is 1.18. The predicted molar refractivity (Wildman–Crippen MR) is 126 cm³/mol. The summed E-state index contributed by atoms with van der Waals surface area (Å²) in [5, 5.41) is 11.4. The first-order valence-electron chi connectivity index (χ1n) is 12.1. The Bertz CT molecular complexity index is 1270. The maximum absolute atomic E-state index is 13.2. The fraction of sp³-hybridized carbons (Fsp3) is 0.357. The second kappa shape index (κ2) is 8.34. The smallest absolute Gasteiger partial charge is 0.433 e. The molecule has 3 heterocycles. The van der Waals surface area contributed by atoms with Crippen LogP contribution in [0.1, 0.15) is 54.0 Å². The topological polar surface area (TPSA) is 62.7 Å². The molecule has 0 spiro atoms. The number of hydrogen-bond acceptors (Lipinski definition) is 4. The molecule has 2 unspecified atom stereocenters. The van der Waals surface area contributed by atoms with Crippen molar-refractivity contribution in [2.75, 3.05) is 6.61 Å². The lowest BCUT2D eigenvalue weighted by Crippen LogP contribution is -2.52. The highest BCUT2D eigenvalue weighted by atomic mass is 19.4. The van der Waals surface area contributed by atoms with E-state index in [1.54, 1.807) is 4.90 Å². The van der Waals surface area contributed by atoms with E-state index in [0.717, 1.165) is 34.5 Å². The molecule has 1 N–H and O–H groups in total. The van der Waals surface area contributed by atoms with Gasteiger partial charge in [0.15, 0.2) is 0 Å². The van der Waals surface area contributed by atoms with E-state index in [9.17, 15) is 23.1 Å². The minimum absolute atomic E-state index is 0.0571. The van der Waals surface area contributed by atoms with Crippen molar-refractivity contribution in [2.24, 2.45) is 0 Å². The van der Waals surface area contributed by atoms with Gasteiger partial charge in [0.1, 0.15) is 12.3 Å². The van der Waals surface area contributed by atoms with Crippen LogP contribution in [0.3, 0.4) is 0 Å². The summed E-state index contributed by atoms with van der Waals surface area (Å²) in [5.74, 6) is -0.0571. The third-order valence-corrected chi connectivity index (χ3v) is 7.90. The Labute approximate surface area is 206 Å². The number of alkyl halides is 3. The number of hydrogen-bond donors (Lipinski definition) is 1. The van der Waals surface area contributed by atoms with Crippen molar-refractivity contribution < 1.29 is 27.8 Å². The third kappa shape index (κ3) is 3.75. The predicted octanol–water partition coefficient (Wildman–Crippen LogP) is 5.86. The average Bonchev–Trinajstić information content (AvgIpc) is 3.34. The molecule has 3 aromatic rings. The van der Waals surface area contributed by atoms with Crippen molar-refractivity contribution in [3.8, 4) is 11.1 Å². The van der Waals surface area contributed by atoms with Gasteiger partial charge in [-0.1, -0.05) is 48.5 Å². The lowest BCUT2D eigenvalue weighted by atomic mass is 9.80. The highest BCUT2D eigenvalue weighted by molar-refractivity contribution is 5.79. The van der Waals surface area contributed by atoms with Gasteiger partial charge in [-0.25, -0.2) is 4.79 Å². The molecular formula is C28H25F3N2O3. The highest BCUT2D eigenvalue weighted by Crippen LogP contribution is 2.48. The van der Waals surface area contributed by atoms with E-state index < -0.39 is 23.6 Å². The second-order valence-corrected chi connectivity index (χ2v) is 9.96. The van der Waals surface area contributed by atoms with Gasteiger partial charge >= 0.3 is 12.3 Å². The van der Waals surface area contributed by atoms with Crippen molar-refractivity contribution in [1.82, 2.24) is 9.88 Å². The lowest BCUT2D eigenvalue weighted by Gasteiger charge is -2.43. The number of halogens is 3. The molecule has 2 saturated heterocycles. The number of carbonyl (C=O) groups is 1. The van der Waals surface area contributed by atoms with Crippen molar-refractivity contribution in [2.45, 2.75) is 55.5 Å². The minimum atomic E-state index is -4.59. The largest absolute Gasteiger partial charge is 0.448 e. The zero-order valence-electron chi connectivity index (χ0n) is 19.4. The fourth-order valence-electron chi connectivity index (χ4n) is 6.30. The number of ether oxygens (including phenoxy) is 1. The summed E-state index contributed by atoms with van der Waals surface area (Å²) >= 11 is 0. The van der Waals surface area contributed by atoms with Crippen LogP contribution in [-0.2, 0) is 16.5 Å². The summed E-state index contributed by atoms with van der Waals surface area (Å²) in [6.07, 6.45) is -2.27. The second-order valence-electron chi connectivity index (χ2n) is 9.96. The molecule has 2 aliphatic heterocycles. The summed E-state index contributed by atoms with van der Waals surface area (Å²) < 4.78 is 45.4. The van der Waals surface area contributed by atoms with E-state index in [0.29, 0.717) is 12.8 Å². The number of benzene rings is 2. The zero-order valence-corrected chi connectivity index (χ0v) is 19.4. The number of amides is 1. The molecule has 186 valence electrons. The van der Waals surface area contributed by atoms with E-state index in [2.05, 4.69) is 29.2 Å². The first-order chi connectivity index (χ1) is 17.2. The van der Waals surface area contributed by atoms with Gasteiger partial charge in [-0.2, -0.15) is 13.2 Å². The lowest BCUT2D eigenvalue weighted by molar-refractivity contribution is -0.141. The quantitative estimate of drug-likeness (QED) is 0.495. The number of fused-ring (bicyclic) bond motifs is 5. The molecule has 36 heavy (non-hydrogen) atoms. The van der Waals surface area contributed by atoms with Crippen LogP contribution in [0.4, 0.5) is 18.0 Å². The van der Waals surface area contributed by atoms with Gasteiger partial charge in [-0.05, 0) is 52.8 Å².